The van der Waals surface area contributed by atoms with Crippen molar-refractivity contribution in [2.75, 3.05) is 0 Å². The number of halogens is 4. The summed E-state index contributed by atoms with van der Waals surface area (Å²) >= 11 is 21.9. The first kappa shape index (κ1) is 12.6. The van der Waals surface area contributed by atoms with E-state index < -0.39 is 14.8 Å². The predicted molar refractivity (Wildman–Crippen MR) is 50.9 cm³/mol. The number of alkyl halides is 4. The Hall–Kier alpha value is 0.630. The van der Waals surface area contributed by atoms with Crippen molar-refractivity contribution in [2.45, 2.75) is 29.1 Å². The van der Waals surface area contributed by atoms with Gasteiger partial charge in [-0.05, 0) is 6.92 Å². The topological polar surface area (TPSA) is 26.3 Å². The van der Waals surface area contributed by atoms with E-state index in [1.165, 1.54) is 6.92 Å². The van der Waals surface area contributed by atoms with Crippen LogP contribution in [-0.2, 0) is 9.53 Å². The molecule has 2 nitrogen and oxygen atoms in total. The van der Waals surface area contributed by atoms with Crippen LogP contribution in [0.4, 0.5) is 0 Å². The van der Waals surface area contributed by atoms with Crippen molar-refractivity contribution in [3.63, 3.8) is 0 Å². The van der Waals surface area contributed by atoms with Gasteiger partial charge >= 0.3 is 5.97 Å². The highest BCUT2D eigenvalue weighted by Crippen LogP contribution is 2.31. The van der Waals surface area contributed by atoms with Crippen LogP contribution in [0.1, 0.15) is 20.3 Å². The van der Waals surface area contributed by atoms with Gasteiger partial charge in [0.05, 0.1) is 0 Å². The van der Waals surface area contributed by atoms with Gasteiger partial charge in [0, 0.05) is 6.42 Å². The van der Waals surface area contributed by atoms with Crippen LogP contribution in [0.2, 0.25) is 0 Å². The van der Waals surface area contributed by atoms with Gasteiger partial charge in [0.25, 0.3) is 4.52 Å². The van der Waals surface area contributed by atoms with E-state index >= 15 is 0 Å². The number of rotatable bonds is 3. The fourth-order valence-electron chi connectivity index (χ4n) is 0.297. The lowest BCUT2D eigenvalue weighted by atomic mass is 10.4. The molecule has 0 atom stereocenters. The van der Waals surface area contributed by atoms with Gasteiger partial charge in [-0.1, -0.05) is 53.3 Å². The van der Waals surface area contributed by atoms with Crippen molar-refractivity contribution in [3.8, 4) is 0 Å². The summed E-state index contributed by atoms with van der Waals surface area (Å²) in [6, 6.07) is 0. The van der Waals surface area contributed by atoms with Gasteiger partial charge in [0.15, 0.2) is 0 Å². The van der Waals surface area contributed by atoms with Gasteiger partial charge in [-0.25, -0.2) is 4.79 Å². The Balaban J connectivity index is 4.20. The second-order valence-corrected chi connectivity index (χ2v) is 5.39. The van der Waals surface area contributed by atoms with Gasteiger partial charge in [-0.15, -0.1) is 0 Å². The average molecular weight is 254 g/mol. The molecule has 0 aliphatic heterocycles. The lowest BCUT2D eigenvalue weighted by Crippen LogP contribution is -2.31. The van der Waals surface area contributed by atoms with E-state index in [1.807, 2.05) is 0 Å². The van der Waals surface area contributed by atoms with Crippen LogP contribution in [0, 0.1) is 0 Å². The second kappa shape index (κ2) is 4.23. The first-order valence-corrected chi connectivity index (χ1v) is 4.69. The molecule has 0 aromatic carbocycles. The van der Waals surface area contributed by atoms with E-state index in [1.54, 1.807) is 6.92 Å². The fraction of sp³-hybridized carbons (Fsp3) is 0.833. The number of carbonyl (C=O) groups is 1. The molecular formula is C6H8Cl4O2. The Labute approximate surface area is 91.1 Å². The first-order valence-electron chi connectivity index (χ1n) is 3.18. The maximum atomic E-state index is 11.0. The number of carbonyl (C=O) groups excluding carboxylic acids is 1. The minimum absolute atomic E-state index is 0.256. The Morgan fingerprint density at radius 2 is 1.75 bits per heavy atom. The van der Waals surface area contributed by atoms with Crippen LogP contribution < -0.4 is 0 Å². The Morgan fingerprint density at radius 3 is 2.00 bits per heavy atom. The van der Waals surface area contributed by atoms with E-state index in [0.29, 0.717) is 0 Å². The van der Waals surface area contributed by atoms with Gasteiger partial charge < -0.3 is 4.74 Å². The highest BCUT2D eigenvalue weighted by Gasteiger charge is 2.36. The Kier molecular flexibility index (Phi) is 4.45. The molecule has 0 fully saturated rings. The zero-order valence-corrected chi connectivity index (χ0v) is 9.56. The van der Waals surface area contributed by atoms with Crippen LogP contribution in [0.3, 0.4) is 0 Å². The maximum Gasteiger partial charge on any atom is 0.344 e. The van der Waals surface area contributed by atoms with Crippen LogP contribution in [0.25, 0.3) is 0 Å². The predicted octanol–water partition coefficient (Wildman–Crippen LogP) is 3.26. The lowest BCUT2D eigenvalue weighted by Gasteiger charge is -2.21. The molecule has 0 rings (SSSR count). The molecule has 0 radical (unpaired) electrons. The molecule has 0 aliphatic carbocycles. The van der Waals surface area contributed by atoms with Gasteiger partial charge in [-0.2, -0.15) is 0 Å². The molecule has 0 heterocycles. The largest absolute Gasteiger partial charge is 0.427 e. The minimum atomic E-state index is -1.62. The standard InChI is InChI=1S/C6H8Cl4O2/c1-3-6(9,10)12-4(11)5(2,7)8/h3H2,1-2H3. The third kappa shape index (κ3) is 4.61. The quantitative estimate of drug-likeness (QED) is 0.570. The van der Waals surface area contributed by atoms with Crippen molar-refractivity contribution < 1.29 is 9.53 Å². The number of ether oxygens (including phenoxy) is 1. The van der Waals surface area contributed by atoms with Crippen molar-refractivity contribution >= 4 is 52.4 Å². The fourth-order valence-corrected chi connectivity index (χ4v) is 0.515. The molecule has 0 aromatic heterocycles. The van der Waals surface area contributed by atoms with Crippen LogP contribution in [-0.4, -0.2) is 14.8 Å². The van der Waals surface area contributed by atoms with Crippen molar-refractivity contribution in [1.82, 2.24) is 0 Å². The zero-order chi connectivity index (χ0) is 9.99. The third-order valence-corrected chi connectivity index (χ3v) is 2.01. The van der Waals surface area contributed by atoms with Gasteiger partial charge in [0.2, 0.25) is 4.33 Å². The highest BCUT2D eigenvalue weighted by molar-refractivity contribution is 6.57. The minimum Gasteiger partial charge on any atom is -0.427 e. The zero-order valence-electron chi connectivity index (χ0n) is 6.54. The summed E-state index contributed by atoms with van der Waals surface area (Å²) in [5.74, 6) is -0.863. The number of hydrogen-bond donors (Lipinski definition) is 0. The average Bonchev–Trinajstić information content (AvgIpc) is 1.85. The molecule has 12 heavy (non-hydrogen) atoms. The molecule has 6 heteroatoms. The summed E-state index contributed by atoms with van der Waals surface area (Å²) in [5.41, 5.74) is 0. The molecule has 0 spiro atoms. The normalized spacial score (nSPS) is 12.8. The SMILES string of the molecule is CCC(Cl)(Cl)OC(=O)C(C)(Cl)Cl. The summed E-state index contributed by atoms with van der Waals surface area (Å²) in [6.45, 7) is 2.94. The molecule has 0 N–H and O–H groups in total. The molecule has 0 bridgehead atoms. The van der Waals surface area contributed by atoms with Gasteiger partial charge in [-0.3, -0.25) is 0 Å². The monoisotopic (exact) mass is 252 g/mol. The van der Waals surface area contributed by atoms with Crippen LogP contribution in [0.15, 0.2) is 0 Å². The van der Waals surface area contributed by atoms with E-state index in [0.717, 1.165) is 0 Å². The summed E-state index contributed by atoms with van der Waals surface area (Å²) in [4.78, 5) is 11.0. The molecule has 0 amide bonds. The summed E-state index contributed by atoms with van der Waals surface area (Å²) < 4.78 is 1.41. The molecule has 0 unspecified atom stereocenters. The van der Waals surface area contributed by atoms with E-state index in [9.17, 15) is 4.79 Å². The van der Waals surface area contributed by atoms with E-state index in [-0.39, 0.29) is 6.42 Å². The van der Waals surface area contributed by atoms with E-state index in [4.69, 9.17) is 46.4 Å². The lowest BCUT2D eigenvalue weighted by molar-refractivity contribution is -0.148. The van der Waals surface area contributed by atoms with Gasteiger partial charge in [0.1, 0.15) is 0 Å². The van der Waals surface area contributed by atoms with Crippen LogP contribution >= 0.6 is 46.4 Å². The third-order valence-electron chi connectivity index (χ3n) is 1.01. The molecule has 0 aromatic rings. The molecular weight excluding hydrogens is 246 g/mol. The Bertz CT molecular complexity index is 173. The maximum absolute atomic E-state index is 11.0. The van der Waals surface area contributed by atoms with Crippen molar-refractivity contribution in [2.24, 2.45) is 0 Å². The Morgan fingerprint density at radius 1 is 1.33 bits per heavy atom. The first-order chi connectivity index (χ1) is 5.19. The van der Waals surface area contributed by atoms with E-state index in [2.05, 4.69) is 4.74 Å². The second-order valence-electron chi connectivity index (χ2n) is 2.27. The highest BCUT2D eigenvalue weighted by atomic mass is 35.5. The molecule has 0 saturated carbocycles. The number of hydrogen-bond acceptors (Lipinski definition) is 2. The summed E-state index contributed by atoms with van der Waals surface area (Å²) in [5, 5.41) is 0. The van der Waals surface area contributed by atoms with Crippen molar-refractivity contribution in [1.29, 1.82) is 0 Å². The summed E-state index contributed by atoms with van der Waals surface area (Å²) in [6.07, 6.45) is 0.256. The summed E-state index contributed by atoms with van der Waals surface area (Å²) in [7, 11) is 0. The van der Waals surface area contributed by atoms with Crippen molar-refractivity contribution in [3.05, 3.63) is 0 Å². The smallest absolute Gasteiger partial charge is 0.344 e. The molecule has 0 saturated heterocycles. The number of esters is 1. The van der Waals surface area contributed by atoms with Crippen LogP contribution in [0.5, 0.6) is 0 Å². The molecule has 0 aliphatic rings. The molecule has 72 valence electrons.